The molecule has 114 valence electrons. The molecular formula is C17H24ClN3. The van der Waals surface area contributed by atoms with Crippen LogP contribution in [0, 0.1) is 6.92 Å². The molecule has 0 aliphatic carbocycles. The van der Waals surface area contributed by atoms with Gasteiger partial charge in [-0.15, -0.1) is 0 Å². The molecule has 0 fully saturated rings. The van der Waals surface area contributed by atoms with E-state index in [1.165, 1.54) is 16.7 Å². The van der Waals surface area contributed by atoms with Crippen LogP contribution >= 0.6 is 11.6 Å². The molecule has 4 heteroatoms. The second-order valence-electron chi connectivity index (χ2n) is 5.48. The number of aryl methyl sites for hydroxylation is 2. The molecule has 0 spiro atoms. The Morgan fingerprint density at radius 3 is 2.71 bits per heavy atom. The SMILES string of the molecule is CCCNC(Cc1cnn(CC)c1)c1cc(C)cc(Cl)c1. The standard InChI is InChI=1S/C17H24ClN3/c1-4-6-19-17(9-14-11-20-21(5-2)12-14)15-7-13(3)8-16(18)10-15/h7-8,10-12,17,19H,4-6,9H2,1-3H3. The third kappa shape index (κ3) is 4.58. The predicted molar refractivity (Wildman–Crippen MR) is 88.8 cm³/mol. The number of benzene rings is 1. The molecule has 0 saturated carbocycles. The molecule has 0 saturated heterocycles. The zero-order valence-corrected chi connectivity index (χ0v) is 13.8. The molecule has 1 atom stereocenters. The van der Waals surface area contributed by atoms with Gasteiger partial charge in [-0.05, 0) is 62.1 Å². The van der Waals surface area contributed by atoms with Gasteiger partial charge in [0.1, 0.15) is 0 Å². The van der Waals surface area contributed by atoms with Gasteiger partial charge >= 0.3 is 0 Å². The summed E-state index contributed by atoms with van der Waals surface area (Å²) in [5.74, 6) is 0. The zero-order chi connectivity index (χ0) is 15.2. The molecule has 2 rings (SSSR count). The van der Waals surface area contributed by atoms with Gasteiger partial charge in [0.05, 0.1) is 6.20 Å². The molecule has 21 heavy (non-hydrogen) atoms. The van der Waals surface area contributed by atoms with Crippen LogP contribution in [-0.4, -0.2) is 16.3 Å². The summed E-state index contributed by atoms with van der Waals surface area (Å²) in [6, 6.07) is 6.55. The zero-order valence-electron chi connectivity index (χ0n) is 13.1. The van der Waals surface area contributed by atoms with Crippen molar-refractivity contribution in [3.05, 3.63) is 52.3 Å². The van der Waals surface area contributed by atoms with E-state index in [4.69, 9.17) is 11.6 Å². The molecule has 3 nitrogen and oxygen atoms in total. The van der Waals surface area contributed by atoms with Gasteiger partial charge in [0.15, 0.2) is 0 Å². The Kier molecular flexibility index (Phi) is 5.83. The number of rotatable bonds is 7. The van der Waals surface area contributed by atoms with Crippen LogP contribution in [0.1, 0.15) is 43.0 Å². The molecule has 0 bridgehead atoms. The number of nitrogens with zero attached hydrogens (tertiary/aromatic N) is 2. The number of hydrogen-bond acceptors (Lipinski definition) is 2. The van der Waals surface area contributed by atoms with Crippen molar-refractivity contribution >= 4 is 11.6 Å². The summed E-state index contributed by atoms with van der Waals surface area (Å²) in [5.41, 5.74) is 3.70. The maximum absolute atomic E-state index is 6.21. The summed E-state index contributed by atoms with van der Waals surface area (Å²) in [4.78, 5) is 0. The van der Waals surface area contributed by atoms with E-state index in [-0.39, 0.29) is 6.04 Å². The summed E-state index contributed by atoms with van der Waals surface area (Å²) in [7, 11) is 0. The fourth-order valence-electron chi connectivity index (χ4n) is 2.51. The van der Waals surface area contributed by atoms with Crippen molar-refractivity contribution in [2.75, 3.05) is 6.54 Å². The van der Waals surface area contributed by atoms with Crippen molar-refractivity contribution < 1.29 is 0 Å². The first-order valence-corrected chi connectivity index (χ1v) is 8.02. The van der Waals surface area contributed by atoms with Gasteiger partial charge in [-0.1, -0.05) is 24.6 Å². The molecule has 1 heterocycles. The Balaban J connectivity index is 2.20. The fraction of sp³-hybridized carbons (Fsp3) is 0.471. The van der Waals surface area contributed by atoms with E-state index in [1.54, 1.807) is 0 Å². The predicted octanol–water partition coefficient (Wildman–Crippen LogP) is 4.15. The summed E-state index contributed by atoms with van der Waals surface area (Å²) >= 11 is 6.21. The minimum atomic E-state index is 0.275. The van der Waals surface area contributed by atoms with Crippen molar-refractivity contribution in [1.82, 2.24) is 15.1 Å². The van der Waals surface area contributed by atoms with E-state index in [2.05, 4.69) is 49.5 Å². The van der Waals surface area contributed by atoms with E-state index in [1.807, 2.05) is 16.9 Å². The van der Waals surface area contributed by atoms with E-state index >= 15 is 0 Å². The van der Waals surface area contributed by atoms with Gasteiger partial charge in [0.25, 0.3) is 0 Å². The second-order valence-corrected chi connectivity index (χ2v) is 5.91. The molecule has 1 unspecified atom stereocenters. The molecular weight excluding hydrogens is 282 g/mol. The monoisotopic (exact) mass is 305 g/mol. The molecule has 2 aromatic rings. The van der Waals surface area contributed by atoms with Crippen LogP contribution in [0.2, 0.25) is 5.02 Å². The average molecular weight is 306 g/mol. The molecule has 1 N–H and O–H groups in total. The lowest BCUT2D eigenvalue weighted by molar-refractivity contribution is 0.528. The van der Waals surface area contributed by atoms with Gasteiger partial charge in [-0.2, -0.15) is 5.10 Å². The lowest BCUT2D eigenvalue weighted by Gasteiger charge is -2.19. The summed E-state index contributed by atoms with van der Waals surface area (Å²) in [6.07, 6.45) is 6.13. The second kappa shape index (κ2) is 7.62. The summed E-state index contributed by atoms with van der Waals surface area (Å²) < 4.78 is 1.97. The Labute approximate surface area is 132 Å². The maximum atomic E-state index is 6.21. The van der Waals surface area contributed by atoms with Gasteiger partial charge in [0.2, 0.25) is 0 Å². The molecule has 0 aliphatic rings. The summed E-state index contributed by atoms with van der Waals surface area (Å²) in [6.45, 7) is 8.27. The van der Waals surface area contributed by atoms with Crippen molar-refractivity contribution in [1.29, 1.82) is 0 Å². The van der Waals surface area contributed by atoms with Crippen molar-refractivity contribution in [2.45, 2.75) is 46.2 Å². The first-order valence-electron chi connectivity index (χ1n) is 7.64. The van der Waals surface area contributed by atoms with E-state index in [9.17, 15) is 0 Å². The molecule has 1 aromatic heterocycles. The van der Waals surface area contributed by atoms with E-state index in [0.29, 0.717) is 0 Å². The normalized spacial score (nSPS) is 12.6. The highest BCUT2D eigenvalue weighted by molar-refractivity contribution is 6.30. The third-order valence-electron chi connectivity index (χ3n) is 3.56. The van der Waals surface area contributed by atoms with Crippen LogP contribution in [0.3, 0.4) is 0 Å². The molecule has 0 radical (unpaired) electrons. The lowest BCUT2D eigenvalue weighted by Crippen LogP contribution is -2.24. The van der Waals surface area contributed by atoms with Gasteiger partial charge < -0.3 is 5.32 Å². The lowest BCUT2D eigenvalue weighted by atomic mass is 9.99. The van der Waals surface area contributed by atoms with Crippen LogP contribution in [0.25, 0.3) is 0 Å². The molecule has 0 amide bonds. The highest BCUT2D eigenvalue weighted by Gasteiger charge is 2.14. The Morgan fingerprint density at radius 2 is 2.10 bits per heavy atom. The number of hydrogen-bond donors (Lipinski definition) is 1. The highest BCUT2D eigenvalue weighted by atomic mass is 35.5. The topological polar surface area (TPSA) is 29.9 Å². The number of aromatic nitrogens is 2. The first-order chi connectivity index (χ1) is 10.1. The quantitative estimate of drug-likeness (QED) is 0.833. The molecule has 0 aliphatic heterocycles. The molecule has 1 aromatic carbocycles. The smallest absolute Gasteiger partial charge is 0.0522 e. The number of halogens is 1. The fourth-order valence-corrected chi connectivity index (χ4v) is 2.81. The first kappa shape index (κ1) is 16.1. The van der Waals surface area contributed by atoms with E-state index < -0.39 is 0 Å². The Morgan fingerprint density at radius 1 is 1.29 bits per heavy atom. The minimum absolute atomic E-state index is 0.275. The maximum Gasteiger partial charge on any atom is 0.0522 e. The van der Waals surface area contributed by atoms with Crippen LogP contribution < -0.4 is 5.32 Å². The Hall–Kier alpha value is -1.32. The van der Waals surface area contributed by atoms with Gasteiger partial charge in [0, 0.05) is 23.8 Å². The van der Waals surface area contributed by atoms with Crippen molar-refractivity contribution in [3.63, 3.8) is 0 Å². The third-order valence-corrected chi connectivity index (χ3v) is 3.78. The van der Waals surface area contributed by atoms with Gasteiger partial charge in [-0.25, -0.2) is 0 Å². The van der Waals surface area contributed by atoms with E-state index in [0.717, 1.165) is 31.0 Å². The van der Waals surface area contributed by atoms with Crippen LogP contribution in [0.5, 0.6) is 0 Å². The van der Waals surface area contributed by atoms with Crippen molar-refractivity contribution in [3.8, 4) is 0 Å². The van der Waals surface area contributed by atoms with Crippen LogP contribution in [0.15, 0.2) is 30.6 Å². The summed E-state index contributed by atoms with van der Waals surface area (Å²) in [5, 5.41) is 8.78. The van der Waals surface area contributed by atoms with Gasteiger partial charge in [-0.3, -0.25) is 4.68 Å². The Bertz CT molecular complexity index is 557. The van der Waals surface area contributed by atoms with Crippen LogP contribution in [0.4, 0.5) is 0 Å². The highest BCUT2D eigenvalue weighted by Crippen LogP contribution is 2.23. The minimum Gasteiger partial charge on any atom is -0.310 e. The largest absolute Gasteiger partial charge is 0.310 e. The average Bonchev–Trinajstić information content (AvgIpc) is 2.90. The van der Waals surface area contributed by atoms with Crippen molar-refractivity contribution in [2.24, 2.45) is 0 Å². The van der Waals surface area contributed by atoms with Crippen LogP contribution in [-0.2, 0) is 13.0 Å². The number of nitrogens with one attached hydrogen (secondary N) is 1.